The maximum absolute atomic E-state index is 13.3. The fourth-order valence-corrected chi connectivity index (χ4v) is 7.20. The van der Waals surface area contributed by atoms with Crippen LogP contribution in [-0.4, -0.2) is 36.6 Å². The van der Waals surface area contributed by atoms with Crippen LogP contribution in [-0.2, 0) is 21.4 Å². The Kier molecular flexibility index (Phi) is 7.15. The molecule has 6 rings (SSSR count). The second-order valence-electron chi connectivity index (χ2n) is 11.3. The number of carbonyl (C=O) groups is 1. The highest BCUT2D eigenvalue weighted by atomic mass is 32.2. The van der Waals surface area contributed by atoms with E-state index in [1.54, 1.807) is 18.2 Å². The number of piperidine rings is 1. The van der Waals surface area contributed by atoms with Gasteiger partial charge in [0.1, 0.15) is 0 Å². The summed E-state index contributed by atoms with van der Waals surface area (Å²) in [5, 5.41) is 6.14. The normalized spacial score (nSPS) is 22.4. The molecular weight excluding hydrogens is 520 g/mol. The lowest BCUT2D eigenvalue weighted by Gasteiger charge is -2.39. The van der Waals surface area contributed by atoms with Crippen LogP contribution in [0.3, 0.4) is 0 Å². The number of hydrogen-bond acceptors (Lipinski definition) is 5. The summed E-state index contributed by atoms with van der Waals surface area (Å²) in [7, 11) is -3.42. The number of amides is 1. The molecule has 1 saturated heterocycles. The lowest BCUT2D eigenvalue weighted by Crippen LogP contribution is -2.42. The van der Waals surface area contributed by atoms with Crippen molar-refractivity contribution in [3.63, 3.8) is 0 Å². The third-order valence-electron chi connectivity index (χ3n) is 8.26. The molecule has 1 saturated carbocycles. The molecule has 0 radical (unpaired) electrons. The number of nitrogens with one attached hydrogen (secondary N) is 3. The minimum Gasteiger partial charge on any atom is -0.354 e. The SMILES string of the molecule is CC1CCCC(C)N1Cc1ccc(NC(=C2C(=O)Nc3ccc(NS(=O)(=O)C4CC4)cc32)c2ccccc2)cc1. The standard InChI is InChI=1S/C32H36N4O3S/c1-21-7-6-8-22(2)36(21)20-23-11-13-25(14-12-23)33-31(24-9-4-3-5-10-24)30-28-19-26(15-18-29(28)34-32(30)37)35-40(38,39)27-16-17-27/h3-5,9-15,18-19,21-22,27,33,35H,6-8,16-17,20H2,1-2H3,(H,34,37). The summed E-state index contributed by atoms with van der Waals surface area (Å²) in [5.41, 5.74) is 5.93. The number of benzene rings is 3. The van der Waals surface area contributed by atoms with E-state index in [4.69, 9.17) is 0 Å². The molecule has 0 aromatic heterocycles. The quantitative estimate of drug-likeness (QED) is 0.284. The van der Waals surface area contributed by atoms with Gasteiger partial charge in [-0.25, -0.2) is 8.42 Å². The molecule has 1 amide bonds. The second kappa shape index (κ2) is 10.7. The van der Waals surface area contributed by atoms with Crippen LogP contribution in [0.5, 0.6) is 0 Å². The number of anilines is 3. The first-order chi connectivity index (χ1) is 19.3. The molecule has 2 fully saturated rings. The number of fused-ring (bicyclic) bond motifs is 1. The number of sulfonamides is 1. The van der Waals surface area contributed by atoms with Crippen LogP contribution in [0, 0.1) is 0 Å². The van der Waals surface area contributed by atoms with Crippen molar-refractivity contribution < 1.29 is 13.2 Å². The lowest BCUT2D eigenvalue weighted by molar-refractivity contribution is -0.110. The summed E-state index contributed by atoms with van der Waals surface area (Å²) in [5.74, 6) is -0.228. The molecule has 208 valence electrons. The molecule has 2 heterocycles. The van der Waals surface area contributed by atoms with Crippen LogP contribution in [0.4, 0.5) is 17.1 Å². The third-order valence-corrected chi connectivity index (χ3v) is 10.1. The molecule has 1 aliphatic carbocycles. The summed E-state index contributed by atoms with van der Waals surface area (Å²) in [4.78, 5) is 15.9. The van der Waals surface area contributed by atoms with Gasteiger partial charge in [-0.3, -0.25) is 14.4 Å². The molecule has 2 unspecified atom stereocenters. The highest BCUT2D eigenvalue weighted by Crippen LogP contribution is 2.40. The Bertz CT molecular complexity index is 1540. The van der Waals surface area contributed by atoms with Gasteiger partial charge in [-0.05, 0) is 81.0 Å². The fraction of sp³-hybridized carbons (Fsp3) is 0.344. The van der Waals surface area contributed by atoms with Crippen LogP contribution >= 0.6 is 0 Å². The van der Waals surface area contributed by atoms with Gasteiger partial charge in [-0.2, -0.15) is 0 Å². The Morgan fingerprint density at radius 3 is 2.25 bits per heavy atom. The predicted octanol–water partition coefficient (Wildman–Crippen LogP) is 6.29. The molecule has 3 aromatic carbocycles. The first kappa shape index (κ1) is 26.6. The van der Waals surface area contributed by atoms with Gasteiger partial charge in [0, 0.05) is 41.3 Å². The van der Waals surface area contributed by atoms with Crippen LogP contribution in [0.15, 0.2) is 72.8 Å². The maximum atomic E-state index is 13.3. The molecule has 0 spiro atoms. The van der Waals surface area contributed by atoms with Crippen molar-refractivity contribution in [2.75, 3.05) is 15.4 Å². The molecule has 7 nitrogen and oxygen atoms in total. The zero-order valence-corrected chi connectivity index (χ0v) is 23.8. The van der Waals surface area contributed by atoms with Crippen molar-refractivity contribution in [2.45, 2.75) is 69.8 Å². The summed E-state index contributed by atoms with van der Waals surface area (Å²) in [6.45, 7) is 5.55. The van der Waals surface area contributed by atoms with Crippen LogP contribution in [0.25, 0.3) is 11.3 Å². The summed E-state index contributed by atoms with van der Waals surface area (Å²) >= 11 is 0. The third kappa shape index (κ3) is 5.51. The van der Waals surface area contributed by atoms with E-state index < -0.39 is 10.0 Å². The summed E-state index contributed by atoms with van der Waals surface area (Å²) in [6.07, 6.45) is 5.14. The molecule has 0 bridgehead atoms. The average molecular weight is 557 g/mol. The zero-order valence-electron chi connectivity index (χ0n) is 23.0. The second-order valence-corrected chi connectivity index (χ2v) is 13.3. The monoisotopic (exact) mass is 556 g/mol. The summed E-state index contributed by atoms with van der Waals surface area (Å²) in [6, 6.07) is 24.5. The van der Waals surface area contributed by atoms with Crippen molar-refractivity contribution in [3.8, 4) is 0 Å². The van der Waals surface area contributed by atoms with E-state index in [9.17, 15) is 13.2 Å². The lowest BCUT2D eigenvalue weighted by atomic mass is 9.96. The smallest absolute Gasteiger partial charge is 0.258 e. The minimum absolute atomic E-state index is 0.228. The molecule has 3 aliphatic rings. The fourth-order valence-electron chi connectivity index (χ4n) is 5.82. The Labute approximate surface area is 236 Å². The highest BCUT2D eigenvalue weighted by molar-refractivity contribution is 7.93. The summed E-state index contributed by atoms with van der Waals surface area (Å²) < 4.78 is 27.9. The molecule has 2 aliphatic heterocycles. The van der Waals surface area contributed by atoms with Crippen molar-refractivity contribution >= 4 is 44.3 Å². The van der Waals surface area contributed by atoms with E-state index in [2.05, 4.69) is 58.4 Å². The van der Waals surface area contributed by atoms with Crippen molar-refractivity contribution in [3.05, 3.63) is 89.5 Å². The van der Waals surface area contributed by atoms with E-state index in [0.717, 1.165) is 17.8 Å². The van der Waals surface area contributed by atoms with Gasteiger partial charge in [-0.15, -0.1) is 0 Å². The molecule has 40 heavy (non-hydrogen) atoms. The number of likely N-dealkylation sites (tertiary alicyclic amines) is 1. The Hall–Kier alpha value is -3.62. The maximum Gasteiger partial charge on any atom is 0.258 e. The highest BCUT2D eigenvalue weighted by Gasteiger charge is 2.36. The van der Waals surface area contributed by atoms with Crippen LogP contribution in [0.1, 0.15) is 62.6 Å². The Morgan fingerprint density at radius 1 is 0.900 bits per heavy atom. The first-order valence-electron chi connectivity index (χ1n) is 14.2. The van der Waals surface area contributed by atoms with Gasteiger partial charge >= 0.3 is 0 Å². The van der Waals surface area contributed by atoms with Crippen LogP contribution in [0.2, 0.25) is 0 Å². The van der Waals surface area contributed by atoms with Crippen molar-refractivity contribution in [1.82, 2.24) is 4.90 Å². The number of nitrogens with zero attached hydrogens (tertiary/aromatic N) is 1. The predicted molar refractivity (Wildman–Crippen MR) is 162 cm³/mol. The van der Waals surface area contributed by atoms with Gasteiger partial charge in [-0.1, -0.05) is 48.9 Å². The van der Waals surface area contributed by atoms with E-state index in [1.807, 2.05) is 30.3 Å². The van der Waals surface area contributed by atoms with E-state index in [-0.39, 0.29) is 11.2 Å². The molecule has 8 heteroatoms. The molecule has 2 atom stereocenters. The Morgan fingerprint density at radius 2 is 1.57 bits per heavy atom. The van der Waals surface area contributed by atoms with Gasteiger partial charge < -0.3 is 10.6 Å². The van der Waals surface area contributed by atoms with Crippen LogP contribution < -0.4 is 15.4 Å². The first-order valence-corrected chi connectivity index (χ1v) is 15.7. The average Bonchev–Trinajstić information content (AvgIpc) is 3.75. The van der Waals surface area contributed by atoms with Gasteiger partial charge in [0.2, 0.25) is 10.0 Å². The number of hydrogen-bond donors (Lipinski definition) is 3. The van der Waals surface area contributed by atoms with Gasteiger partial charge in [0.25, 0.3) is 5.91 Å². The Balaban J connectivity index is 1.32. The topological polar surface area (TPSA) is 90.5 Å². The zero-order chi connectivity index (χ0) is 27.9. The van der Waals surface area contributed by atoms with Gasteiger partial charge in [0.05, 0.1) is 16.5 Å². The van der Waals surface area contributed by atoms with E-state index in [0.29, 0.717) is 53.1 Å². The number of carbonyl (C=O) groups excluding carboxylic acids is 1. The van der Waals surface area contributed by atoms with E-state index >= 15 is 0 Å². The molecule has 3 aromatic rings. The van der Waals surface area contributed by atoms with Gasteiger partial charge in [0.15, 0.2) is 0 Å². The van der Waals surface area contributed by atoms with Crippen molar-refractivity contribution in [1.29, 1.82) is 0 Å². The molecular formula is C32H36N4O3S. The van der Waals surface area contributed by atoms with E-state index in [1.165, 1.54) is 24.8 Å². The van der Waals surface area contributed by atoms with Crippen molar-refractivity contribution in [2.24, 2.45) is 0 Å². The minimum atomic E-state index is -3.42. The number of rotatable bonds is 8. The largest absolute Gasteiger partial charge is 0.354 e. The molecule has 3 N–H and O–H groups in total.